The van der Waals surface area contributed by atoms with Crippen LogP contribution in [0.3, 0.4) is 0 Å². The first-order chi connectivity index (χ1) is 19.2. The van der Waals surface area contributed by atoms with E-state index in [2.05, 4.69) is 15.9 Å². The van der Waals surface area contributed by atoms with Gasteiger partial charge in [0.25, 0.3) is 0 Å². The molecule has 4 aromatic carbocycles. The Balaban J connectivity index is 0.000000222. The normalized spacial score (nSPS) is 9.70. The Morgan fingerprint density at radius 2 is 1.30 bits per heavy atom. The number of hydrogen-bond acceptors (Lipinski definition) is 6. The van der Waals surface area contributed by atoms with Crippen LogP contribution in [0.2, 0.25) is 10.0 Å². The molecule has 0 aliphatic rings. The van der Waals surface area contributed by atoms with Crippen LogP contribution in [-0.2, 0) is 0 Å². The van der Waals surface area contributed by atoms with E-state index in [1.165, 1.54) is 38.5 Å². The van der Waals surface area contributed by atoms with Crippen molar-refractivity contribution in [3.63, 3.8) is 0 Å². The molecule has 0 saturated heterocycles. The van der Waals surface area contributed by atoms with Gasteiger partial charge in [0.05, 0.1) is 28.7 Å². The third kappa shape index (κ3) is 8.53. The van der Waals surface area contributed by atoms with Crippen LogP contribution in [0.15, 0.2) is 77.3 Å². The number of benzene rings is 4. The van der Waals surface area contributed by atoms with Gasteiger partial charge >= 0.3 is 7.69 Å². The van der Waals surface area contributed by atoms with Gasteiger partial charge in [-0.25, -0.2) is 8.78 Å². The zero-order chi connectivity index (χ0) is 29.7. The quantitative estimate of drug-likeness (QED) is 0.163. The lowest BCUT2D eigenvalue weighted by atomic mass is 9.99. The molecule has 12 heteroatoms. The summed E-state index contributed by atoms with van der Waals surface area (Å²) in [4.78, 5) is 21.2. The fourth-order valence-electron chi connectivity index (χ4n) is 3.28. The highest BCUT2D eigenvalue weighted by Gasteiger charge is 2.16. The van der Waals surface area contributed by atoms with Gasteiger partial charge in [0.1, 0.15) is 23.1 Å². The molecule has 0 atom stereocenters. The summed E-state index contributed by atoms with van der Waals surface area (Å²) in [6, 6.07) is 18.6. The Labute approximate surface area is 248 Å². The molecule has 207 valence electrons. The van der Waals surface area contributed by atoms with E-state index in [-0.39, 0.29) is 15.6 Å². The molecule has 0 aliphatic heterocycles. The van der Waals surface area contributed by atoms with Crippen LogP contribution < -0.4 is 14.1 Å². The van der Waals surface area contributed by atoms with Crippen molar-refractivity contribution in [1.29, 1.82) is 0 Å². The van der Waals surface area contributed by atoms with Gasteiger partial charge in [0, 0.05) is 22.3 Å². The number of ether oxygens (including phenoxy) is 2. The fourth-order valence-corrected chi connectivity index (χ4v) is 4.14. The van der Waals surface area contributed by atoms with E-state index in [1.807, 2.05) is 0 Å². The molecule has 4 rings (SSSR count). The first-order valence-electron chi connectivity index (χ1n) is 11.1. The van der Waals surface area contributed by atoms with Crippen molar-refractivity contribution in [1.82, 2.24) is 0 Å². The number of carbonyl (C=O) groups excluding carboxylic acids is 2. The number of aldehydes is 2. The van der Waals surface area contributed by atoms with Gasteiger partial charge in [0.15, 0.2) is 18.3 Å². The first-order valence-corrected chi connectivity index (χ1v) is 12.7. The molecule has 0 aromatic heterocycles. The molecule has 0 heterocycles. The second kappa shape index (κ2) is 16.6. The number of rotatable bonds is 7. The summed E-state index contributed by atoms with van der Waals surface area (Å²) < 4.78 is 41.5. The maximum atomic E-state index is 13.9. The maximum absolute atomic E-state index is 13.9. The predicted molar refractivity (Wildman–Crippen MR) is 155 cm³/mol. The second-order valence-corrected chi connectivity index (χ2v) is 9.01. The highest BCUT2D eigenvalue weighted by atomic mass is 79.9. The molecule has 0 unspecified atom stereocenters. The van der Waals surface area contributed by atoms with Crippen molar-refractivity contribution in [3.05, 3.63) is 110 Å². The molecule has 0 saturated carbocycles. The Bertz CT molecular complexity index is 1460. The lowest BCUT2D eigenvalue weighted by Crippen LogP contribution is -2.01. The van der Waals surface area contributed by atoms with Crippen LogP contribution in [0, 0.1) is 11.6 Å². The lowest BCUT2D eigenvalue weighted by molar-refractivity contribution is 0.111. The minimum atomic E-state index is -0.486. The zero-order valence-corrected chi connectivity index (χ0v) is 24.1. The van der Waals surface area contributed by atoms with Gasteiger partial charge in [-0.2, -0.15) is 0 Å². The average molecular weight is 653 g/mol. The predicted octanol–water partition coefficient (Wildman–Crippen LogP) is 7.62. The van der Waals surface area contributed by atoms with E-state index in [4.69, 9.17) is 42.4 Å². The lowest BCUT2D eigenvalue weighted by Gasteiger charge is -2.12. The van der Waals surface area contributed by atoms with Crippen molar-refractivity contribution in [2.24, 2.45) is 0 Å². The van der Waals surface area contributed by atoms with Gasteiger partial charge in [-0.15, -0.1) is 0 Å². The van der Waals surface area contributed by atoms with Crippen LogP contribution in [0.5, 0.6) is 17.2 Å². The molecule has 0 spiro atoms. The van der Waals surface area contributed by atoms with E-state index >= 15 is 0 Å². The second-order valence-electron chi connectivity index (χ2n) is 7.40. The Hall–Kier alpha value is -3.44. The molecule has 40 heavy (non-hydrogen) atoms. The molecule has 1 radical (unpaired) electrons. The minimum Gasteiger partial charge on any atom is -0.535 e. The minimum absolute atomic E-state index is 0.201. The number of halogens is 5. The van der Waals surface area contributed by atoms with Gasteiger partial charge in [-0.3, -0.25) is 9.59 Å². The Morgan fingerprint density at radius 1 is 0.775 bits per heavy atom. The standard InChI is InChI=1S/C14H10ClFO2.C7H7BClO3.C7H4BrFO/c1-18-14-10(5-3-6-11(14)15)13-9(8-17)4-2-7-12(13)16;1-11-7-5(9)3-2-4-6(7)12-8-10;8-7-5(4-10)2-1-3-6(7)9/h2-8H,1H3;2-4,10H,1H3;1-4H. The number of para-hydroxylation sites is 2. The van der Waals surface area contributed by atoms with Crippen LogP contribution in [0.4, 0.5) is 8.78 Å². The van der Waals surface area contributed by atoms with E-state index in [1.54, 1.807) is 48.5 Å². The summed E-state index contributed by atoms with van der Waals surface area (Å²) in [6.45, 7) is 0. The molecule has 1 N–H and O–H groups in total. The molecule has 0 amide bonds. The van der Waals surface area contributed by atoms with Crippen molar-refractivity contribution in [3.8, 4) is 28.4 Å². The van der Waals surface area contributed by atoms with Gasteiger partial charge in [0.2, 0.25) is 0 Å². The molecule has 0 bridgehead atoms. The van der Waals surface area contributed by atoms with Gasteiger partial charge in [-0.1, -0.05) is 65.7 Å². The molecular formula is C28H21BBrCl2F2O6. The molecule has 0 aliphatic carbocycles. The largest absolute Gasteiger partial charge is 0.569 e. The van der Waals surface area contributed by atoms with E-state index in [0.29, 0.717) is 58.7 Å². The molecule has 4 aromatic rings. The third-order valence-electron chi connectivity index (χ3n) is 5.04. The summed E-state index contributed by atoms with van der Waals surface area (Å²) in [5, 5.41) is 9.20. The number of hydrogen-bond donors (Lipinski definition) is 1. The third-order valence-corrected chi connectivity index (χ3v) is 6.47. The van der Waals surface area contributed by atoms with Crippen LogP contribution in [0.1, 0.15) is 20.7 Å². The highest BCUT2D eigenvalue weighted by Crippen LogP contribution is 2.38. The van der Waals surface area contributed by atoms with Crippen molar-refractivity contribution >= 4 is 59.4 Å². The first kappa shape index (κ1) is 32.8. The van der Waals surface area contributed by atoms with Crippen LogP contribution in [-0.4, -0.2) is 39.5 Å². The van der Waals surface area contributed by atoms with E-state index < -0.39 is 11.6 Å². The smallest absolute Gasteiger partial charge is 0.535 e. The monoisotopic (exact) mass is 651 g/mol. The van der Waals surface area contributed by atoms with Crippen LogP contribution in [0.25, 0.3) is 11.1 Å². The summed E-state index contributed by atoms with van der Waals surface area (Å²) in [6.07, 6.45) is 1.21. The van der Waals surface area contributed by atoms with Gasteiger partial charge in [-0.05, 0) is 46.3 Å². The molecule has 0 fully saturated rings. The van der Waals surface area contributed by atoms with Crippen molar-refractivity contribution in [2.45, 2.75) is 0 Å². The summed E-state index contributed by atoms with van der Waals surface area (Å²) in [5.74, 6) is 0.245. The van der Waals surface area contributed by atoms with E-state index in [0.717, 1.165) is 0 Å². The van der Waals surface area contributed by atoms with E-state index in [9.17, 15) is 18.4 Å². The van der Waals surface area contributed by atoms with Crippen molar-refractivity contribution < 1.29 is 37.5 Å². The summed E-state index contributed by atoms with van der Waals surface area (Å²) in [5.41, 5.74) is 1.26. The van der Waals surface area contributed by atoms with Gasteiger partial charge < -0.3 is 19.2 Å². The molecule has 6 nitrogen and oxygen atoms in total. The Kier molecular flexibility index (Phi) is 13.6. The Morgan fingerprint density at radius 3 is 1.85 bits per heavy atom. The summed E-state index contributed by atoms with van der Waals surface area (Å²) >= 11 is 14.7. The topological polar surface area (TPSA) is 82.1 Å². The number of carbonyl (C=O) groups is 2. The fraction of sp³-hybridized carbons (Fsp3) is 0.0714. The zero-order valence-electron chi connectivity index (χ0n) is 21.0. The highest BCUT2D eigenvalue weighted by molar-refractivity contribution is 9.10. The maximum Gasteiger partial charge on any atom is 0.569 e. The average Bonchev–Trinajstić information content (AvgIpc) is 2.95. The SMILES string of the molecule is COc1c(Cl)cccc1-c1c(F)cccc1C=O.COc1c(Cl)cccc1O[B]O.O=Cc1cccc(F)c1Br. The number of methoxy groups -OCH3 is 2. The summed E-state index contributed by atoms with van der Waals surface area (Å²) in [7, 11) is 3.51. The molecular weight excluding hydrogens is 632 g/mol. The van der Waals surface area contributed by atoms with Crippen molar-refractivity contribution in [2.75, 3.05) is 14.2 Å². The van der Waals surface area contributed by atoms with Crippen LogP contribution >= 0.6 is 39.1 Å².